The molecular formula is C16H24N2O3. The zero-order chi connectivity index (χ0) is 15.6. The second kappa shape index (κ2) is 5.93. The van der Waals surface area contributed by atoms with Crippen LogP contribution < -0.4 is 15.8 Å². The molecule has 2 atom stereocenters. The van der Waals surface area contributed by atoms with Crippen LogP contribution >= 0.6 is 0 Å². The predicted molar refractivity (Wildman–Crippen MR) is 82.5 cm³/mol. The molecule has 0 bridgehead atoms. The van der Waals surface area contributed by atoms with Crippen molar-refractivity contribution in [1.29, 1.82) is 0 Å². The lowest BCUT2D eigenvalue weighted by Gasteiger charge is -2.51. The molecule has 1 amide bonds. The van der Waals surface area contributed by atoms with Gasteiger partial charge in [-0.05, 0) is 25.5 Å². The second-order valence-electron chi connectivity index (χ2n) is 5.95. The molecule has 5 heteroatoms. The molecule has 1 aromatic rings. The number of nitrogens with one attached hydrogen (secondary N) is 1. The van der Waals surface area contributed by atoms with E-state index in [0.29, 0.717) is 23.6 Å². The van der Waals surface area contributed by atoms with E-state index in [0.717, 1.165) is 6.42 Å². The van der Waals surface area contributed by atoms with Gasteiger partial charge in [-0.15, -0.1) is 0 Å². The van der Waals surface area contributed by atoms with E-state index in [9.17, 15) is 4.79 Å². The van der Waals surface area contributed by atoms with Crippen molar-refractivity contribution >= 4 is 11.6 Å². The lowest BCUT2D eigenvalue weighted by Crippen LogP contribution is -2.62. The molecule has 1 aliphatic rings. The summed E-state index contributed by atoms with van der Waals surface area (Å²) in [6, 6.07) is 5.30. The van der Waals surface area contributed by atoms with Crippen LogP contribution in [0.4, 0.5) is 5.69 Å². The predicted octanol–water partition coefficient (Wildman–Crippen LogP) is 2.21. The first-order chi connectivity index (χ1) is 9.91. The van der Waals surface area contributed by atoms with Gasteiger partial charge in [0.05, 0.1) is 24.5 Å². The number of ether oxygens (including phenoxy) is 2. The number of methoxy groups -OCH3 is 1. The van der Waals surface area contributed by atoms with Gasteiger partial charge in [-0.3, -0.25) is 4.79 Å². The highest BCUT2D eigenvalue weighted by Gasteiger charge is 2.49. The van der Waals surface area contributed by atoms with Crippen LogP contribution in [0, 0.1) is 5.41 Å². The summed E-state index contributed by atoms with van der Waals surface area (Å²) in [6.07, 6.45) is 1.02. The monoisotopic (exact) mass is 292 g/mol. The number of nitrogens with two attached hydrogens (primary N) is 1. The third kappa shape index (κ3) is 2.83. The zero-order valence-electron chi connectivity index (χ0n) is 13.1. The highest BCUT2D eigenvalue weighted by Crippen LogP contribution is 2.43. The van der Waals surface area contributed by atoms with Gasteiger partial charge in [-0.2, -0.15) is 0 Å². The highest BCUT2D eigenvalue weighted by atomic mass is 16.5. The maximum Gasteiger partial charge on any atom is 0.253 e. The molecule has 21 heavy (non-hydrogen) atoms. The Morgan fingerprint density at radius 3 is 2.76 bits per heavy atom. The first kappa shape index (κ1) is 15.6. The van der Waals surface area contributed by atoms with Crippen LogP contribution in [0.1, 0.15) is 37.6 Å². The molecular weight excluding hydrogens is 268 g/mol. The summed E-state index contributed by atoms with van der Waals surface area (Å²) in [5, 5.41) is 3.05. The van der Waals surface area contributed by atoms with E-state index in [2.05, 4.69) is 19.2 Å². The number of carbonyl (C=O) groups is 1. The quantitative estimate of drug-likeness (QED) is 0.816. The summed E-state index contributed by atoms with van der Waals surface area (Å²) in [7, 11) is 1.54. The maximum atomic E-state index is 12.4. The van der Waals surface area contributed by atoms with Crippen molar-refractivity contribution in [2.24, 2.45) is 5.41 Å². The molecule has 1 fully saturated rings. The lowest BCUT2D eigenvalue weighted by atomic mass is 9.64. The van der Waals surface area contributed by atoms with E-state index in [4.69, 9.17) is 15.2 Å². The number of rotatable bonds is 5. The molecule has 1 aliphatic carbocycles. The van der Waals surface area contributed by atoms with Gasteiger partial charge in [-0.1, -0.05) is 19.9 Å². The van der Waals surface area contributed by atoms with Crippen LogP contribution in [0.5, 0.6) is 5.75 Å². The van der Waals surface area contributed by atoms with Crippen LogP contribution in [0.15, 0.2) is 18.2 Å². The fraction of sp³-hybridized carbons (Fsp3) is 0.562. The smallest absolute Gasteiger partial charge is 0.253 e. The highest BCUT2D eigenvalue weighted by molar-refractivity contribution is 6.00. The number of para-hydroxylation sites is 1. The molecule has 0 spiro atoms. The number of hydrogen-bond acceptors (Lipinski definition) is 4. The number of anilines is 1. The third-order valence-corrected chi connectivity index (χ3v) is 4.38. The van der Waals surface area contributed by atoms with E-state index < -0.39 is 0 Å². The molecule has 0 radical (unpaired) electrons. The number of carbonyl (C=O) groups excluding carboxylic acids is 1. The largest absolute Gasteiger partial charge is 0.495 e. The number of hydrogen-bond donors (Lipinski definition) is 2. The molecule has 2 rings (SSSR count). The molecule has 2 unspecified atom stereocenters. The van der Waals surface area contributed by atoms with E-state index in [1.807, 2.05) is 6.92 Å². The van der Waals surface area contributed by atoms with Gasteiger partial charge >= 0.3 is 0 Å². The number of amides is 1. The maximum absolute atomic E-state index is 12.4. The van der Waals surface area contributed by atoms with Gasteiger partial charge in [-0.25, -0.2) is 0 Å². The third-order valence-electron chi connectivity index (χ3n) is 4.38. The van der Waals surface area contributed by atoms with E-state index in [1.165, 1.54) is 7.11 Å². The van der Waals surface area contributed by atoms with Crippen molar-refractivity contribution in [3.05, 3.63) is 23.8 Å². The van der Waals surface area contributed by atoms with Crippen LogP contribution in [-0.2, 0) is 4.74 Å². The Kier molecular flexibility index (Phi) is 4.42. The van der Waals surface area contributed by atoms with Crippen LogP contribution in [-0.4, -0.2) is 31.8 Å². The van der Waals surface area contributed by atoms with Crippen molar-refractivity contribution in [2.75, 3.05) is 19.5 Å². The van der Waals surface area contributed by atoms with Crippen LogP contribution in [0.25, 0.3) is 0 Å². The molecule has 5 nitrogen and oxygen atoms in total. The van der Waals surface area contributed by atoms with Gasteiger partial charge in [0, 0.05) is 18.1 Å². The summed E-state index contributed by atoms with van der Waals surface area (Å²) in [5.74, 6) is 0.349. The average Bonchev–Trinajstić information content (AvgIpc) is 2.46. The standard InChI is InChI=1S/C16H24N2O3/c1-5-21-13-9-12(16(13,2)3)18-15(19)10-7-6-8-11(20-4)14(10)17/h6-8,12-13H,5,9,17H2,1-4H3,(H,18,19). The molecule has 0 aliphatic heterocycles. The first-order valence-corrected chi connectivity index (χ1v) is 7.26. The Bertz CT molecular complexity index is 528. The van der Waals surface area contributed by atoms with Gasteiger partial charge in [0.25, 0.3) is 5.91 Å². The summed E-state index contributed by atoms with van der Waals surface area (Å²) in [4.78, 5) is 12.4. The topological polar surface area (TPSA) is 73.6 Å². The van der Waals surface area contributed by atoms with Crippen molar-refractivity contribution in [2.45, 2.75) is 39.3 Å². The summed E-state index contributed by atoms with van der Waals surface area (Å²) in [5.41, 5.74) is 6.71. The van der Waals surface area contributed by atoms with Crippen molar-refractivity contribution in [3.8, 4) is 5.75 Å². The van der Waals surface area contributed by atoms with E-state index >= 15 is 0 Å². The Morgan fingerprint density at radius 2 is 2.19 bits per heavy atom. The van der Waals surface area contributed by atoms with E-state index in [-0.39, 0.29) is 23.5 Å². The molecule has 3 N–H and O–H groups in total. The van der Waals surface area contributed by atoms with Gasteiger partial charge < -0.3 is 20.5 Å². The summed E-state index contributed by atoms with van der Waals surface area (Å²) < 4.78 is 10.8. The minimum absolute atomic E-state index is 0.0701. The van der Waals surface area contributed by atoms with Crippen molar-refractivity contribution in [1.82, 2.24) is 5.32 Å². The van der Waals surface area contributed by atoms with Crippen molar-refractivity contribution in [3.63, 3.8) is 0 Å². The Hall–Kier alpha value is -1.75. The molecule has 116 valence electrons. The second-order valence-corrected chi connectivity index (χ2v) is 5.95. The molecule has 0 saturated heterocycles. The zero-order valence-corrected chi connectivity index (χ0v) is 13.1. The summed E-state index contributed by atoms with van der Waals surface area (Å²) >= 11 is 0. The Morgan fingerprint density at radius 1 is 1.48 bits per heavy atom. The fourth-order valence-corrected chi connectivity index (χ4v) is 2.77. The van der Waals surface area contributed by atoms with Crippen molar-refractivity contribution < 1.29 is 14.3 Å². The SMILES string of the molecule is CCOC1CC(NC(=O)c2cccc(OC)c2N)C1(C)C. The molecule has 0 aromatic heterocycles. The molecule has 1 aromatic carbocycles. The van der Waals surface area contributed by atoms with Gasteiger partial charge in [0.2, 0.25) is 0 Å². The van der Waals surface area contributed by atoms with Crippen LogP contribution in [0.2, 0.25) is 0 Å². The first-order valence-electron chi connectivity index (χ1n) is 7.26. The minimum Gasteiger partial charge on any atom is -0.495 e. The molecule has 1 saturated carbocycles. The normalized spacial score (nSPS) is 23.2. The number of benzene rings is 1. The lowest BCUT2D eigenvalue weighted by molar-refractivity contribution is -0.111. The average molecular weight is 292 g/mol. The Balaban J connectivity index is 2.07. The van der Waals surface area contributed by atoms with Gasteiger partial charge in [0.1, 0.15) is 5.75 Å². The van der Waals surface area contributed by atoms with Crippen LogP contribution in [0.3, 0.4) is 0 Å². The molecule has 0 heterocycles. The minimum atomic E-state index is -0.167. The van der Waals surface area contributed by atoms with Gasteiger partial charge in [0.15, 0.2) is 0 Å². The fourth-order valence-electron chi connectivity index (χ4n) is 2.77. The number of nitrogen functional groups attached to an aromatic ring is 1. The van der Waals surface area contributed by atoms with E-state index in [1.54, 1.807) is 18.2 Å². The summed E-state index contributed by atoms with van der Waals surface area (Å²) in [6.45, 7) is 6.89. The Labute approximate surface area is 125 Å².